The van der Waals surface area contributed by atoms with Crippen LogP contribution in [-0.4, -0.2) is 20.6 Å². The molecular weight excluding hydrogens is 336 g/mol. The van der Waals surface area contributed by atoms with E-state index in [2.05, 4.69) is 15.6 Å². The number of aromatic hydroxyl groups is 1. The molecule has 0 fully saturated rings. The Morgan fingerprint density at radius 2 is 1.52 bits per heavy atom. The summed E-state index contributed by atoms with van der Waals surface area (Å²) in [5, 5.41) is 19.3. The zero-order valence-corrected chi connectivity index (χ0v) is 14.5. The molecule has 0 aliphatic heterocycles. The van der Waals surface area contributed by atoms with Crippen LogP contribution >= 0.6 is 0 Å². The number of phenols is 1. The number of para-hydroxylation sites is 3. The molecule has 1 aromatic heterocycles. The molecule has 0 radical (unpaired) electrons. The number of nitrogens with zero attached hydrogens (tertiary/aromatic N) is 3. The molecule has 0 aliphatic carbocycles. The highest BCUT2D eigenvalue weighted by Crippen LogP contribution is 2.22. The van der Waals surface area contributed by atoms with Crippen molar-refractivity contribution in [1.29, 1.82) is 0 Å². The Bertz CT molecular complexity index is 1060. The van der Waals surface area contributed by atoms with Gasteiger partial charge in [-0.15, -0.1) is 0 Å². The molecule has 0 aliphatic rings. The molecular formula is C22H18N4O. The van der Waals surface area contributed by atoms with Crippen LogP contribution in [0.1, 0.15) is 11.1 Å². The Morgan fingerprint density at radius 1 is 0.852 bits per heavy atom. The van der Waals surface area contributed by atoms with E-state index in [0.717, 1.165) is 16.9 Å². The van der Waals surface area contributed by atoms with E-state index in [9.17, 15) is 5.11 Å². The van der Waals surface area contributed by atoms with Crippen molar-refractivity contribution in [3.05, 3.63) is 108 Å². The van der Waals surface area contributed by atoms with Gasteiger partial charge in [0.2, 0.25) is 0 Å². The number of benzene rings is 3. The standard InChI is InChI=1S/C22H18N4O/c27-21-14-8-7-13-20(21)22(25-24-18-9-3-1-4-10-18)17-15-23-26(16-17)19-11-5-2-6-12-19/h1-16,24,27H/b25-22+. The van der Waals surface area contributed by atoms with Crippen molar-refractivity contribution in [3.63, 3.8) is 0 Å². The first-order valence-corrected chi connectivity index (χ1v) is 8.59. The third kappa shape index (κ3) is 3.72. The summed E-state index contributed by atoms with van der Waals surface area (Å²) < 4.78 is 1.79. The molecule has 3 aromatic carbocycles. The molecule has 4 aromatic rings. The van der Waals surface area contributed by atoms with Crippen molar-refractivity contribution in [3.8, 4) is 11.4 Å². The lowest BCUT2D eigenvalue weighted by atomic mass is 10.0. The summed E-state index contributed by atoms with van der Waals surface area (Å²) in [6, 6.07) is 26.7. The average Bonchev–Trinajstić information content (AvgIpc) is 3.21. The Hall–Kier alpha value is -3.86. The van der Waals surface area contributed by atoms with Gasteiger partial charge in [-0.1, -0.05) is 48.5 Å². The van der Waals surface area contributed by atoms with Crippen LogP contribution in [0.5, 0.6) is 5.75 Å². The molecule has 5 nitrogen and oxygen atoms in total. The Labute approximate surface area is 157 Å². The maximum absolute atomic E-state index is 10.3. The second-order valence-electron chi connectivity index (χ2n) is 5.96. The van der Waals surface area contributed by atoms with Gasteiger partial charge in [0, 0.05) is 17.3 Å². The van der Waals surface area contributed by atoms with Crippen LogP contribution in [0.25, 0.3) is 5.69 Å². The SMILES string of the molecule is Oc1ccccc1/C(=N/Nc1ccccc1)c1cnn(-c2ccccc2)c1. The molecule has 5 heteroatoms. The van der Waals surface area contributed by atoms with Crippen LogP contribution in [0.3, 0.4) is 0 Å². The van der Waals surface area contributed by atoms with Gasteiger partial charge in [0.05, 0.1) is 17.6 Å². The number of hydrogen-bond donors (Lipinski definition) is 2. The number of hydrogen-bond acceptors (Lipinski definition) is 4. The predicted molar refractivity (Wildman–Crippen MR) is 107 cm³/mol. The normalized spacial score (nSPS) is 11.3. The maximum Gasteiger partial charge on any atom is 0.125 e. The Kier molecular flexibility index (Phi) is 4.66. The summed E-state index contributed by atoms with van der Waals surface area (Å²) in [5.41, 5.74) is 6.91. The Balaban J connectivity index is 1.74. The second kappa shape index (κ2) is 7.58. The van der Waals surface area contributed by atoms with E-state index in [-0.39, 0.29) is 5.75 Å². The van der Waals surface area contributed by atoms with Gasteiger partial charge in [0.15, 0.2) is 0 Å². The number of aromatic nitrogens is 2. The third-order valence-corrected chi connectivity index (χ3v) is 4.11. The largest absolute Gasteiger partial charge is 0.507 e. The van der Waals surface area contributed by atoms with E-state index in [0.29, 0.717) is 11.3 Å². The first-order valence-electron chi connectivity index (χ1n) is 8.59. The first-order chi connectivity index (χ1) is 13.3. The molecule has 132 valence electrons. The van der Waals surface area contributed by atoms with Gasteiger partial charge in [-0.3, -0.25) is 5.43 Å². The summed E-state index contributed by atoms with van der Waals surface area (Å²) in [6.07, 6.45) is 3.64. The van der Waals surface area contributed by atoms with Crippen molar-refractivity contribution in [2.24, 2.45) is 5.10 Å². The fourth-order valence-corrected chi connectivity index (χ4v) is 2.75. The van der Waals surface area contributed by atoms with E-state index in [1.54, 1.807) is 23.0 Å². The quantitative estimate of drug-likeness (QED) is 0.411. The van der Waals surface area contributed by atoms with Crippen molar-refractivity contribution < 1.29 is 5.11 Å². The maximum atomic E-state index is 10.3. The number of anilines is 1. The summed E-state index contributed by atoms with van der Waals surface area (Å²) in [6.45, 7) is 0. The van der Waals surface area contributed by atoms with Crippen molar-refractivity contribution >= 4 is 11.4 Å². The molecule has 0 saturated carbocycles. The topological polar surface area (TPSA) is 62.4 Å². The van der Waals surface area contributed by atoms with E-state index in [1.165, 1.54) is 0 Å². The zero-order chi connectivity index (χ0) is 18.5. The smallest absolute Gasteiger partial charge is 0.125 e. The fraction of sp³-hybridized carbons (Fsp3) is 0. The highest BCUT2D eigenvalue weighted by atomic mass is 16.3. The van der Waals surface area contributed by atoms with Gasteiger partial charge in [0.1, 0.15) is 11.5 Å². The zero-order valence-electron chi connectivity index (χ0n) is 14.5. The van der Waals surface area contributed by atoms with Crippen LogP contribution in [0, 0.1) is 0 Å². The number of hydrazone groups is 1. The van der Waals surface area contributed by atoms with Gasteiger partial charge >= 0.3 is 0 Å². The third-order valence-electron chi connectivity index (χ3n) is 4.11. The van der Waals surface area contributed by atoms with Gasteiger partial charge in [-0.25, -0.2) is 4.68 Å². The highest BCUT2D eigenvalue weighted by Gasteiger charge is 2.14. The highest BCUT2D eigenvalue weighted by molar-refractivity contribution is 6.14. The Morgan fingerprint density at radius 3 is 2.26 bits per heavy atom. The average molecular weight is 354 g/mol. The number of rotatable bonds is 5. The van der Waals surface area contributed by atoms with Crippen molar-refractivity contribution in [2.45, 2.75) is 0 Å². The molecule has 4 rings (SSSR count). The molecule has 27 heavy (non-hydrogen) atoms. The summed E-state index contributed by atoms with van der Waals surface area (Å²) in [4.78, 5) is 0. The van der Waals surface area contributed by atoms with Crippen LogP contribution < -0.4 is 5.43 Å². The van der Waals surface area contributed by atoms with Crippen molar-refractivity contribution in [2.75, 3.05) is 5.43 Å². The lowest BCUT2D eigenvalue weighted by molar-refractivity contribution is 0.474. The van der Waals surface area contributed by atoms with Crippen LogP contribution in [0.15, 0.2) is 102 Å². The van der Waals surface area contributed by atoms with E-state index in [4.69, 9.17) is 0 Å². The van der Waals surface area contributed by atoms with E-state index < -0.39 is 0 Å². The lowest BCUT2D eigenvalue weighted by Crippen LogP contribution is -2.06. The second-order valence-corrected chi connectivity index (χ2v) is 5.96. The van der Waals surface area contributed by atoms with Crippen LogP contribution in [-0.2, 0) is 0 Å². The van der Waals surface area contributed by atoms with E-state index in [1.807, 2.05) is 79.0 Å². The minimum absolute atomic E-state index is 0.165. The monoisotopic (exact) mass is 354 g/mol. The molecule has 0 amide bonds. The minimum atomic E-state index is 0.165. The molecule has 0 atom stereocenters. The fourth-order valence-electron chi connectivity index (χ4n) is 2.75. The van der Waals surface area contributed by atoms with Gasteiger partial charge in [0.25, 0.3) is 0 Å². The molecule has 1 heterocycles. The number of nitrogens with one attached hydrogen (secondary N) is 1. The lowest BCUT2D eigenvalue weighted by Gasteiger charge is -2.08. The summed E-state index contributed by atoms with van der Waals surface area (Å²) in [5.74, 6) is 0.165. The van der Waals surface area contributed by atoms with E-state index >= 15 is 0 Å². The van der Waals surface area contributed by atoms with Crippen LogP contribution in [0.4, 0.5) is 5.69 Å². The van der Waals surface area contributed by atoms with Gasteiger partial charge in [-0.2, -0.15) is 10.2 Å². The van der Waals surface area contributed by atoms with Gasteiger partial charge < -0.3 is 5.11 Å². The predicted octanol–water partition coefficient (Wildman–Crippen LogP) is 4.44. The summed E-state index contributed by atoms with van der Waals surface area (Å²) >= 11 is 0. The summed E-state index contributed by atoms with van der Waals surface area (Å²) in [7, 11) is 0. The molecule has 0 spiro atoms. The molecule has 0 unspecified atom stereocenters. The van der Waals surface area contributed by atoms with Crippen LogP contribution in [0.2, 0.25) is 0 Å². The molecule has 2 N–H and O–H groups in total. The minimum Gasteiger partial charge on any atom is -0.507 e. The van der Waals surface area contributed by atoms with Crippen molar-refractivity contribution in [1.82, 2.24) is 9.78 Å². The first kappa shape index (κ1) is 16.6. The molecule has 0 bridgehead atoms. The van der Waals surface area contributed by atoms with Gasteiger partial charge in [-0.05, 0) is 36.4 Å². The molecule has 0 saturated heterocycles. The number of phenolic OH excluding ortho intramolecular Hbond substituents is 1.